The number of aryl methyl sites for hydroxylation is 3. The molecule has 2 N–H and O–H groups in total. The van der Waals surface area contributed by atoms with E-state index in [1.807, 2.05) is 19.1 Å². The van der Waals surface area contributed by atoms with Crippen LogP contribution >= 0.6 is 0 Å². The van der Waals surface area contributed by atoms with Crippen LogP contribution in [0.3, 0.4) is 0 Å². The van der Waals surface area contributed by atoms with Crippen LogP contribution in [0.1, 0.15) is 28.1 Å². The molecule has 0 fully saturated rings. The van der Waals surface area contributed by atoms with E-state index in [1.54, 1.807) is 26.0 Å². The normalized spacial score (nSPS) is 10.8. The Labute approximate surface area is 118 Å². The first-order chi connectivity index (χ1) is 9.47. The highest BCUT2D eigenvalue weighted by Gasteiger charge is 2.06. The Morgan fingerprint density at radius 3 is 2.40 bits per heavy atom. The lowest BCUT2D eigenvalue weighted by atomic mass is 10.1. The van der Waals surface area contributed by atoms with Gasteiger partial charge in [-0.15, -0.1) is 0 Å². The summed E-state index contributed by atoms with van der Waals surface area (Å²) in [6, 6.07) is 7.08. The standard InChI is InChI=1S/C16H19FN2O/c1-10-6-13(7-11(2)16(10)17)8-18-9-14-15(20)5-4-12(3)19-14/h4-7,18,20H,8-9H2,1-3H3. The van der Waals surface area contributed by atoms with Gasteiger partial charge < -0.3 is 10.4 Å². The van der Waals surface area contributed by atoms with Crippen LogP contribution < -0.4 is 5.32 Å². The smallest absolute Gasteiger partial charge is 0.138 e. The van der Waals surface area contributed by atoms with Crippen LogP contribution in [-0.4, -0.2) is 10.1 Å². The number of nitrogens with zero attached hydrogens (tertiary/aromatic N) is 1. The summed E-state index contributed by atoms with van der Waals surface area (Å²) >= 11 is 0. The minimum Gasteiger partial charge on any atom is -0.506 e. The van der Waals surface area contributed by atoms with E-state index in [-0.39, 0.29) is 11.6 Å². The number of pyridine rings is 1. The van der Waals surface area contributed by atoms with Gasteiger partial charge in [-0.25, -0.2) is 4.39 Å². The average Bonchev–Trinajstić information content (AvgIpc) is 2.40. The number of benzene rings is 1. The van der Waals surface area contributed by atoms with Crippen LogP contribution in [0.5, 0.6) is 5.75 Å². The summed E-state index contributed by atoms with van der Waals surface area (Å²) in [6.07, 6.45) is 0. The average molecular weight is 274 g/mol. The molecule has 1 heterocycles. The molecule has 3 nitrogen and oxygen atoms in total. The molecule has 0 spiro atoms. The molecular weight excluding hydrogens is 255 g/mol. The van der Waals surface area contributed by atoms with Gasteiger partial charge in [0, 0.05) is 18.8 Å². The second kappa shape index (κ2) is 6.01. The van der Waals surface area contributed by atoms with Crippen LogP contribution in [0.15, 0.2) is 24.3 Å². The molecular formula is C16H19FN2O. The van der Waals surface area contributed by atoms with E-state index in [2.05, 4.69) is 10.3 Å². The van der Waals surface area contributed by atoms with E-state index in [0.717, 1.165) is 11.3 Å². The molecule has 0 saturated heterocycles. The summed E-state index contributed by atoms with van der Waals surface area (Å²) < 4.78 is 13.5. The molecule has 106 valence electrons. The quantitative estimate of drug-likeness (QED) is 0.900. The van der Waals surface area contributed by atoms with Crippen molar-refractivity contribution in [2.75, 3.05) is 0 Å². The summed E-state index contributed by atoms with van der Waals surface area (Å²) in [7, 11) is 0. The Balaban J connectivity index is 2.01. The van der Waals surface area contributed by atoms with Crippen molar-refractivity contribution in [1.82, 2.24) is 10.3 Å². The molecule has 1 aromatic carbocycles. The van der Waals surface area contributed by atoms with Gasteiger partial charge in [-0.05, 0) is 49.6 Å². The predicted octanol–water partition coefficient (Wildman–Crippen LogP) is 3.14. The fraction of sp³-hybridized carbons (Fsp3) is 0.312. The molecule has 20 heavy (non-hydrogen) atoms. The van der Waals surface area contributed by atoms with E-state index in [0.29, 0.717) is 29.9 Å². The van der Waals surface area contributed by atoms with Crippen LogP contribution in [0.4, 0.5) is 4.39 Å². The van der Waals surface area contributed by atoms with Crippen LogP contribution in [0.25, 0.3) is 0 Å². The Bertz CT molecular complexity index is 603. The molecule has 0 unspecified atom stereocenters. The van der Waals surface area contributed by atoms with Crippen molar-refractivity contribution in [3.05, 3.63) is 58.2 Å². The van der Waals surface area contributed by atoms with E-state index < -0.39 is 0 Å². The lowest BCUT2D eigenvalue weighted by molar-refractivity contribution is 0.459. The zero-order valence-corrected chi connectivity index (χ0v) is 12.0. The van der Waals surface area contributed by atoms with Gasteiger partial charge in [0.2, 0.25) is 0 Å². The Morgan fingerprint density at radius 1 is 1.10 bits per heavy atom. The van der Waals surface area contributed by atoms with Crippen LogP contribution in [-0.2, 0) is 13.1 Å². The van der Waals surface area contributed by atoms with Gasteiger partial charge in [-0.3, -0.25) is 4.98 Å². The lowest BCUT2D eigenvalue weighted by Crippen LogP contribution is -2.14. The summed E-state index contributed by atoms with van der Waals surface area (Å²) in [6.45, 7) is 6.50. The summed E-state index contributed by atoms with van der Waals surface area (Å²) in [4.78, 5) is 4.28. The lowest BCUT2D eigenvalue weighted by Gasteiger charge is -2.09. The molecule has 0 aliphatic heterocycles. The topological polar surface area (TPSA) is 45.1 Å². The maximum Gasteiger partial charge on any atom is 0.138 e. The minimum absolute atomic E-state index is 0.147. The van der Waals surface area contributed by atoms with Crippen molar-refractivity contribution < 1.29 is 9.50 Å². The minimum atomic E-state index is -0.147. The molecule has 2 rings (SSSR count). The number of hydrogen-bond donors (Lipinski definition) is 2. The van der Waals surface area contributed by atoms with Crippen LogP contribution in [0.2, 0.25) is 0 Å². The number of hydrogen-bond acceptors (Lipinski definition) is 3. The highest BCUT2D eigenvalue weighted by atomic mass is 19.1. The molecule has 2 aromatic rings. The largest absolute Gasteiger partial charge is 0.506 e. The fourth-order valence-electron chi connectivity index (χ4n) is 2.20. The SMILES string of the molecule is Cc1ccc(O)c(CNCc2cc(C)c(F)c(C)c2)n1. The third-order valence-electron chi connectivity index (χ3n) is 3.21. The van der Waals surface area contributed by atoms with Crippen molar-refractivity contribution in [2.24, 2.45) is 0 Å². The van der Waals surface area contributed by atoms with E-state index in [1.165, 1.54) is 0 Å². The van der Waals surface area contributed by atoms with Crippen molar-refractivity contribution in [2.45, 2.75) is 33.9 Å². The third kappa shape index (κ3) is 3.33. The zero-order valence-electron chi connectivity index (χ0n) is 12.0. The molecule has 4 heteroatoms. The van der Waals surface area contributed by atoms with Gasteiger partial charge in [0.05, 0.1) is 5.69 Å². The van der Waals surface area contributed by atoms with Crippen LogP contribution in [0, 0.1) is 26.6 Å². The maximum atomic E-state index is 13.5. The fourth-order valence-corrected chi connectivity index (χ4v) is 2.20. The van der Waals surface area contributed by atoms with E-state index in [9.17, 15) is 9.50 Å². The first-order valence-electron chi connectivity index (χ1n) is 6.59. The first-order valence-corrected chi connectivity index (χ1v) is 6.59. The highest BCUT2D eigenvalue weighted by molar-refractivity contribution is 5.31. The number of rotatable bonds is 4. The molecule has 0 amide bonds. The number of nitrogens with one attached hydrogen (secondary N) is 1. The number of aromatic nitrogens is 1. The third-order valence-corrected chi connectivity index (χ3v) is 3.21. The number of aromatic hydroxyl groups is 1. The number of halogens is 1. The van der Waals surface area contributed by atoms with Crippen molar-refractivity contribution in [1.29, 1.82) is 0 Å². The van der Waals surface area contributed by atoms with E-state index >= 15 is 0 Å². The molecule has 1 aromatic heterocycles. The van der Waals surface area contributed by atoms with E-state index in [4.69, 9.17) is 0 Å². The Hall–Kier alpha value is -1.94. The second-order valence-corrected chi connectivity index (χ2v) is 5.07. The monoisotopic (exact) mass is 274 g/mol. The molecule has 0 saturated carbocycles. The molecule has 0 aliphatic rings. The summed E-state index contributed by atoms with van der Waals surface area (Å²) in [5, 5.41) is 12.9. The second-order valence-electron chi connectivity index (χ2n) is 5.07. The first kappa shape index (κ1) is 14.5. The van der Waals surface area contributed by atoms with Crippen molar-refractivity contribution in [3.63, 3.8) is 0 Å². The molecule has 0 atom stereocenters. The molecule has 0 aliphatic carbocycles. The van der Waals surface area contributed by atoms with Gasteiger partial charge in [0.1, 0.15) is 11.6 Å². The molecule has 0 bridgehead atoms. The van der Waals surface area contributed by atoms with Gasteiger partial charge in [-0.1, -0.05) is 12.1 Å². The van der Waals surface area contributed by atoms with Gasteiger partial charge in [-0.2, -0.15) is 0 Å². The van der Waals surface area contributed by atoms with Gasteiger partial charge in [0.15, 0.2) is 0 Å². The summed E-state index contributed by atoms with van der Waals surface area (Å²) in [5.74, 6) is 0.0429. The Kier molecular flexibility index (Phi) is 4.35. The van der Waals surface area contributed by atoms with Crippen molar-refractivity contribution in [3.8, 4) is 5.75 Å². The highest BCUT2D eigenvalue weighted by Crippen LogP contribution is 2.16. The molecule has 0 radical (unpaired) electrons. The Morgan fingerprint density at radius 2 is 1.75 bits per heavy atom. The maximum absolute atomic E-state index is 13.5. The summed E-state index contributed by atoms with van der Waals surface area (Å²) in [5.41, 5.74) is 3.82. The van der Waals surface area contributed by atoms with Gasteiger partial charge >= 0.3 is 0 Å². The van der Waals surface area contributed by atoms with Crippen molar-refractivity contribution >= 4 is 0 Å². The van der Waals surface area contributed by atoms with Gasteiger partial charge in [0.25, 0.3) is 0 Å². The predicted molar refractivity (Wildman–Crippen MR) is 77.1 cm³/mol. The zero-order chi connectivity index (χ0) is 14.7.